The fourth-order valence-electron chi connectivity index (χ4n) is 5.55. The van der Waals surface area contributed by atoms with Gasteiger partial charge in [-0.3, -0.25) is 4.79 Å². The molecule has 4 heteroatoms. The van der Waals surface area contributed by atoms with Crippen molar-refractivity contribution >= 4 is 5.78 Å². The molecule has 4 atom stereocenters. The molecule has 0 amide bonds. The van der Waals surface area contributed by atoms with Gasteiger partial charge in [0.05, 0.1) is 11.5 Å². The van der Waals surface area contributed by atoms with Crippen molar-refractivity contribution in [3.05, 3.63) is 60.7 Å². The molecule has 0 spiro atoms. The maximum absolute atomic E-state index is 12.7. The van der Waals surface area contributed by atoms with Crippen LogP contribution in [0.3, 0.4) is 0 Å². The molecule has 2 aliphatic rings. The van der Waals surface area contributed by atoms with E-state index in [0.29, 0.717) is 30.8 Å². The van der Waals surface area contributed by atoms with Crippen LogP contribution in [0.25, 0.3) is 0 Å². The monoisotopic (exact) mass is 394 g/mol. The molecule has 0 radical (unpaired) electrons. The molecule has 0 heterocycles. The van der Waals surface area contributed by atoms with Crippen LogP contribution in [0.2, 0.25) is 0 Å². The molecule has 1 N–H and O–H groups in total. The summed E-state index contributed by atoms with van der Waals surface area (Å²) in [6.07, 6.45) is 0.243. The van der Waals surface area contributed by atoms with Crippen molar-refractivity contribution in [3.8, 4) is 11.5 Å². The van der Waals surface area contributed by atoms with Gasteiger partial charge in [-0.15, -0.1) is 0 Å². The molecule has 2 aromatic carbocycles. The number of aliphatic hydroxyl groups excluding tert-OH is 1. The zero-order chi connectivity index (χ0) is 20.6. The topological polar surface area (TPSA) is 55.8 Å². The highest BCUT2D eigenvalue weighted by molar-refractivity contribution is 5.82. The van der Waals surface area contributed by atoms with E-state index in [9.17, 15) is 9.90 Å². The van der Waals surface area contributed by atoms with Crippen molar-refractivity contribution in [2.45, 2.75) is 52.4 Å². The number of para-hydroxylation sites is 2. The Kier molecular flexibility index (Phi) is 5.16. The highest BCUT2D eigenvalue weighted by Gasteiger charge is 2.65. The first-order valence-electron chi connectivity index (χ1n) is 10.4. The van der Waals surface area contributed by atoms with Gasteiger partial charge in [0.1, 0.15) is 17.3 Å². The van der Waals surface area contributed by atoms with E-state index in [1.165, 1.54) is 0 Å². The number of Topliss-reactive ketones (excluding diaryl/α,β-unsaturated/α-hetero) is 1. The van der Waals surface area contributed by atoms with Crippen LogP contribution in [0.15, 0.2) is 60.7 Å². The predicted octanol–water partition coefficient (Wildman–Crippen LogP) is 4.86. The average Bonchev–Trinajstić information content (AvgIpc) is 3.12. The van der Waals surface area contributed by atoms with Crippen LogP contribution in [0.1, 0.15) is 40.0 Å². The number of hydrogen-bond acceptors (Lipinski definition) is 4. The van der Waals surface area contributed by atoms with Crippen LogP contribution in [0.4, 0.5) is 0 Å². The Bertz CT molecular complexity index is 801. The van der Waals surface area contributed by atoms with Crippen molar-refractivity contribution in [2.75, 3.05) is 0 Å². The number of carbonyl (C=O) groups excluding carboxylic acids is 1. The number of benzene rings is 2. The lowest BCUT2D eigenvalue weighted by Gasteiger charge is -2.40. The quantitative estimate of drug-likeness (QED) is 0.736. The van der Waals surface area contributed by atoms with Gasteiger partial charge in [0.25, 0.3) is 0 Å². The largest absolute Gasteiger partial charge is 0.454 e. The number of fused-ring (bicyclic) bond motifs is 1. The second-order valence-electron chi connectivity index (χ2n) is 9.62. The third kappa shape index (κ3) is 3.78. The molecule has 2 aromatic rings. The summed E-state index contributed by atoms with van der Waals surface area (Å²) in [5.41, 5.74) is -0.652. The summed E-state index contributed by atoms with van der Waals surface area (Å²) in [6.45, 7) is 6.43. The second-order valence-corrected chi connectivity index (χ2v) is 9.62. The molecule has 154 valence electrons. The second kappa shape index (κ2) is 7.49. The van der Waals surface area contributed by atoms with E-state index in [4.69, 9.17) is 9.47 Å². The molecule has 0 saturated heterocycles. The van der Waals surface area contributed by atoms with Gasteiger partial charge < -0.3 is 14.6 Å². The maximum Gasteiger partial charge on any atom is 0.247 e. The van der Waals surface area contributed by atoms with Crippen LogP contribution >= 0.6 is 0 Å². The summed E-state index contributed by atoms with van der Waals surface area (Å²) in [4.78, 5) is 12.7. The molecule has 29 heavy (non-hydrogen) atoms. The van der Waals surface area contributed by atoms with Gasteiger partial charge >= 0.3 is 0 Å². The van der Waals surface area contributed by atoms with Gasteiger partial charge in [0, 0.05) is 12.8 Å². The number of ketones is 1. The lowest BCUT2D eigenvalue weighted by atomic mass is 9.69. The molecule has 2 fully saturated rings. The molecule has 2 aliphatic carbocycles. The Morgan fingerprint density at radius 2 is 1.48 bits per heavy atom. The summed E-state index contributed by atoms with van der Waals surface area (Å²) < 4.78 is 12.8. The Balaban J connectivity index is 1.74. The normalized spacial score (nSPS) is 29.1. The Labute approximate surface area is 172 Å². The zero-order valence-corrected chi connectivity index (χ0v) is 17.4. The molecule has 0 aliphatic heterocycles. The van der Waals surface area contributed by atoms with E-state index >= 15 is 0 Å². The van der Waals surface area contributed by atoms with Crippen LogP contribution in [0.5, 0.6) is 11.5 Å². The average molecular weight is 395 g/mol. The number of carbonyl (C=O) groups is 1. The lowest BCUT2D eigenvalue weighted by molar-refractivity contribution is -0.125. The summed E-state index contributed by atoms with van der Waals surface area (Å²) >= 11 is 0. The van der Waals surface area contributed by atoms with E-state index in [1.807, 2.05) is 60.7 Å². The van der Waals surface area contributed by atoms with Crippen LogP contribution in [-0.2, 0) is 4.79 Å². The Morgan fingerprint density at radius 1 is 0.966 bits per heavy atom. The summed E-state index contributed by atoms with van der Waals surface area (Å²) in [5, 5.41) is 11.0. The minimum Gasteiger partial charge on any atom is -0.454 e. The fraction of sp³-hybridized carbons (Fsp3) is 0.480. The third-order valence-electron chi connectivity index (χ3n) is 6.59. The van der Waals surface area contributed by atoms with Crippen molar-refractivity contribution < 1.29 is 19.4 Å². The van der Waals surface area contributed by atoms with Crippen molar-refractivity contribution in [2.24, 2.45) is 22.7 Å². The minimum absolute atomic E-state index is 0.0233. The first-order chi connectivity index (χ1) is 13.8. The smallest absolute Gasteiger partial charge is 0.247 e. The van der Waals surface area contributed by atoms with E-state index in [1.54, 1.807) is 0 Å². The van der Waals surface area contributed by atoms with Gasteiger partial charge in [-0.1, -0.05) is 57.2 Å². The molecule has 0 bridgehead atoms. The number of rotatable bonds is 5. The maximum atomic E-state index is 12.7. The van der Waals surface area contributed by atoms with Gasteiger partial charge in [0.15, 0.2) is 0 Å². The fourth-order valence-corrected chi connectivity index (χ4v) is 5.55. The van der Waals surface area contributed by atoms with Crippen LogP contribution in [-0.4, -0.2) is 23.3 Å². The van der Waals surface area contributed by atoms with Gasteiger partial charge in [-0.2, -0.15) is 0 Å². The van der Waals surface area contributed by atoms with Crippen molar-refractivity contribution in [1.29, 1.82) is 0 Å². The Hall–Kier alpha value is -2.33. The van der Waals surface area contributed by atoms with Crippen molar-refractivity contribution in [1.82, 2.24) is 0 Å². The highest BCUT2D eigenvalue weighted by atomic mass is 16.7. The lowest BCUT2D eigenvalue weighted by Crippen LogP contribution is -2.45. The summed E-state index contributed by atoms with van der Waals surface area (Å²) in [7, 11) is 0. The number of ether oxygens (including phenoxy) is 2. The highest BCUT2D eigenvalue weighted by Crippen LogP contribution is 2.62. The van der Waals surface area contributed by atoms with Crippen molar-refractivity contribution in [3.63, 3.8) is 0 Å². The SMILES string of the molecule is CC(C)(C)[C@H]1[C@H](O)C[C@@]2(C(Oc3ccccc3)Oc3ccccc3)CC(=O)C[C@@H]12. The minimum atomic E-state index is -0.647. The standard InChI is InChI=1S/C25H30O4/c1-24(2,3)22-20-14-17(26)15-25(20,16-21(22)27)23(28-18-10-6-4-7-11-18)29-19-12-8-5-9-13-19/h4-13,20-23,27H,14-16H2,1-3H3/t20-,21+,22+,25-/m0/s1. The molecule has 0 aromatic heterocycles. The molecule has 4 rings (SSSR count). The molecular weight excluding hydrogens is 364 g/mol. The zero-order valence-electron chi connectivity index (χ0n) is 17.4. The first kappa shape index (κ1) is 20.0. The van der Waals surface area contributed by atoms with Crippen LogP contribution in [0, 0.1) is 22.7 Å². The van der Waals surface area contributed by atoms with Crippen LogP contribution < -0.4 is 9.47 Å². The van der Waals surface area contributed by atoms with E-state index < -0.39 is 17.8 Å². The first-order valence-corrected chi connectivity index (χ1v) is 10.4. The molecular formula is C25H30O4. The predicted molar refractivity (Wildman–Crippen MR) is 112 cm³/mol. The Morgan fingerprint density at radius 3 is 1.97 bits per heavy atom. The summed E-state index contributed by atoms with van der Waals surface area (Å²) in [5.74, 6) is 1.69. The third-order valence-corrected chi connectivity index (χ3v) is 6.59. The van der Waals surface area contributed by atoms with Gasteiger partial charge in [-0.25, -0.2) is 0 Å². The number of aliphatic hydroxyl groups is 1. The van der Waals surface area contributed by atoms with E-state index in [2.05, 4.69) is 20.8 Å². The molecule has 4 nitrogen and oxygen atoms in total. The van der Waals surface area contributed by atoms with E-state index in [-0.39, 0.29) is 23.0 Å². The van der Waals surface area contributed by atoms with E-state index in [0.717, 1.165) is 0 Å². The number of hydrogen-bond donors (Lipinski definition) is 1. The molecule has 2 saturated carbocycles. The summed E-state index contributed by atoms with van der Waals surface area (Å²) in [6, 6.07) is 19.2. The van der Waals surface area contributed by atoms with Gasteiger partial charge in [-0.05, 0) is 47.9 Å². The molecule has 0 unspecified atom stereocenters. The van der Waals surface area contributed by atoms with Gasteiger partial charge in [0.2, 0.25) is 6.29 Å².